The van der Waals surface area contributed by atoms with Gasteiger partial charge in [0.2, 0.25) is 0 Å². The number of hydrogen-bond acceptors (Lipinski definition) is 6. The highest BCUT2D eigenvalue weighted by atomic mass is 16.6. The minimum absolute atomic E-state index is 0.137. The fourth-order valence-electron chi connectivity index (χ4n) is 6.53. The van der Waals surface area contributed by atoms with Crippen LogP contribution in [0.4, 0.5) is 0 Å². The normalized spacial score (nSPS) is 13.3. The van der Waals surface area contributed by atoms with Gasteiger partial charge in [-0.1, -0.05) is 212 Å². The van der Waals surface area contributed by atoms with Crippen molar-refractivity contribution >= 4 is 17.9 Å². The summed E-state index contributed by atoms with van der Waals surface area (Å²) >= 11 is 0. The van der Waals surface area contributed by atoms with Gasteiger partial charge in [0.05, 0.1) is 0 Å². The van der Waals surface area contributed by atoms with Crippen molar-refractivity contribution < 1.29 is 28.6 Å². The second kappa shape index (κ2) is 54.9. The van der Waals surface area contributed by atoms with Gasteiger partial charge >= 0.3 is 17.9 Å². The predicted molar refractivity (Wildman–Crippen MR) is 292 cm³/mol. The van der Waals surface area contributed by atoms with E-state index in [1.807, 2.05) is 12.2 Å². The third-order valence-electron chi connectivity index (χ3n) is 10.6. The van der Waals surface area contributed by atoms with Gasteiger partial charge in [0.15, 0.2) is 6.10 Å². The molecule has 380 valence electrons. The van der Waals surface area contributed by atoms with Gasteiger partial charge in [-0.25, -0.2) is 0 Å². The van der Waals surface area contributed by atoms with Crippen molar-refractivity contribution in [3.8, 4) is 0 Å². The number of hydrogen-bond donors (Lipinski definition) is 0. The molecule has 0 aromatic heterocycles. The number of carbonyl (C=O) groups excluding carboxylic acids is 3. The van der Waals surface area contributed by atoms with Crippen LogP contribution in [0.15, 0.2) is 146 Å². The summed E-state index contributed by atoms with van der Waals surface area (Å²) in [6, 6.07) is 0. The van der Waals surface area contributed by atoms with Crippen molar-refractivity contribution in [1.29, 1.82) is 0 Å². The highest BCUT2D eigenvalue weighted by Gasteiger charge is 2.19. The van der Waals surface area contributed by atoms with Crippen molar-refractivity contribution in [3.05, 3.63) is 146 Å². The molecule has 0 aromatic rings. The molecule has 1 atom stereocenters. The van der Waals surface area contributed by atoms with Crippen LogP contribution in [-0.4, -0.2) is 37.2 Å². The Morgan fingerprint density at radius 3 is 1.07 bits per heavy atom. The lowest BCUT2D eigenvalue weighted by atomic mass is 10.1. The Kier molecular flexibility index (Phi) is 51.1. The van der Waals surface area contributed by atoms with E-state index in [4.69, 9.17) is 14.2 Å². The van der Waals surface area contributed by atoms with E-state index in [2.05, 4.69) is 154 Å². The van der Waals surface area contributed by atoms with Crippen LogP contribution < -0.4 is 0 Å². The molecule has 0 spiro atoms. The highest BCUT2D eigenvalue weighted by molar-refractivity contribution is 5.71. The molecule has 0 aliphatic heterocycles. The quantitative estimate of drug-likeness (QED) is 0.0262. The molecular weight excluding hydrogens is 841 g/mol. The van der Waals surface area contributed by atoms with Gasteiger partial charge in [0.1, 0.15) is 13.2 Å². The average molecular weight is 937 g/mol. The summed E-state index contributed by atoms with van der Waals surface area (Å²) < 4.78 is 16.7. The van der Waals surface area contributed by atoms with Gasteiger partial charge in [-0.3, -0.25) is 14.4 Å². The minimum Gasteiger partial charge on any atom is -0.462 e. The Bertz CT molecular complexity index is 1540. The summed E-state index contributed by atoms with van der Waals surface area (Å²) in [6.45, 7) is 6.31. The number of rotatable bonds is 46. The molecule has 0 unspecified atom stereocenters. The lowest BCUT2D eigenvalue weighted by Gasteiger charge is -2.18. The Morgan fingerprint density at radius 1 is 0.309 bits per heavy atom. The third kappa shape index (κ3) is 52.3. The smallest absolute Gasteiger partial charge is 0.306 e. The molecule has 6 nitrogen and oxygen atoms in total. The van der Waals surface area contributed by atoms with Gasteiger partial charge in [-0.15, -0.1) is 0 Å². The molecule has 0 radical (unpaired) electrons. The average Bonchev–Trinajstić information content (AvgIpc) is 3.34. The SMILES string of the molecule is CC/C=C/C/C=C/C/C=C/C/C=C/C/C=C/C/C=C/CCC(=O)OC[C@@H](COC(=O)CCCCCCC/C=C/C/C=C/CCCC)OC(=O)CCC/C=C/C/C=C/C/C=C/C/C=C/CCCCC. The van der Waals surface area contributed by atoms with E-state index < -0.39 is 12.1 Å². The fourth-order valence-corrected chi connectivity index (χ4v) is 6.53. The number of ether oxygens (including phenoxy) is 3. The van der Waals surface area contributed by atoms with Crippen LogP contribution in [0.2, 0.25) is 0 Å². The minimum atomic E-state index is -0.849. The van der Waals surface area contributed by atoms with Crippen LogP contribution in [-0.2, 0) is 28.6 Å². The monoisotopic (exact) mass is 937 g/mol. The van der Waals surface area contributed by atoms with Crippen molar-refractivity contribution in [1.82, 2.24) is 0 Å². The van der Waals surface area contributed by atoms with Crippen LogP contribution >= 0.6 is 0 Å². The molecule has 0 aliphatic rings. The number of carbonyl (C=O) groups is 3. The van der Waals surface area contributed by atoms with Gasteiger partial charge in [-0.05, 0) is 122 Å². The van der Waals surface area contributed by atoms with Crippen LogP contribution in [0.25, 0.3) is 0 Å². The Morgan fingerprint density at radius 2 is 0.632 bits per heavy atom. The molecule has 0 aromatic carbocycles. The van der Waals surface area contributed by atoms with E-state index in [-0.39, 0.29) is 38.0 Å². The van der Waals surface area contributed by atoms with E-state index in [9.17, 15) is 14.4 Å². The van der Waals surface area contributed by atoms with Crippen LogP contribution in [0.5, 0.6) is 0 Å². The fraction of sp³-hybridized carbons (Fsp3) is 0.565. The molecule has 0 saturated heterocycles. The zero-order valence-corrected chi connectivity index (χ0v) is 43.3. The lowest BCUT2D eigenvalue weighted by Crippen LogP contribution is -2.30. The van der Waals surface area contributed by atoms with E-state index in [1.54, 1.807) is 0 Å². The standard InChI is InChI=1S/C62H96O6/c1-4-7-10-13-16-19-22-25-28-30-31-33-34-37-40-43-46-49-52-55-61(64)67-58-59(57-66-60(63)54-51-48-45-42-39-36-27-24-21-18-15-12-9-6-3)68-62(65)56-53-50-47-44-41-38-35-32-29-26-23-20-17-14-11-8-5-2/h7,10,15-20,24-29,31,33,35,37-38,40,44,46-47,49,59H,4-6,8-9,11-14,21-23,30,32,34,36,39,41-43,45,48,50-58H2,1-3H3/b10-7+,18-15+,19-16+,20-17+,27-24+,28-25+,29-26+,33-31+,38-35+,40-37+,47-44+,49-46+/t59-/m1/s1. The summed E-state index contributed by atoms with van der Waals surface area (Å²) in [5.41, 5.74) is 0. The number of esters is 3. The lowest BCUT2D eigenvalue weighted by molar-refractivity contribution is -0.166. The van der Waals surface area contributed by atoms with Crippen molar-refractivity contribution in [2.24, 2.45) is 0 Å². The maximum Gasteiger partial charge on any atom is 0.306 e. The molecule has 0 amide bonds. The first kappa shape index (κ1) is 63.3. The maximum atomic E-state index is 12.8. The second-order valence-corrected chi connectivity index (χ2v) is 17.0. The molecule has 0 heterocycles. The molecule has 0 bridgehead atoms. The number of unbranched alkanes of at least 4 members (excludes halogenated alkanes) is 11. The first-order chi connectivity index (χ1) is 33.5. The zero-order valence-electron chi connectivity index (χ0n) is 43.3. The predicted octanol–water partition coefficient (Wildman–Crippen LogP) is 18.0. The number of allylic oxidation sites excluding steroid dienone is 24. The maximum absolute atomic E-state index is 12.8. The Balaban J connectivity index is 4.64. The molecule has 6 heteroatoms. The van der Waals surface area contributed by atoms with Crippen molar-refractivity contribution in [2.75, 3.05) is 13.2 Å². The zero-order chi connectivity index (χ0) is 49.3. The molecule has 0 rings (SSSR count). The van der Waals surface area contributed by atoms with Crippen LogP contribution in [0.1, 0.15) is 207 Å². The highest BCUT2D eigenvalue weighted by Crippen LogP contribution is 2.11. The molecule has 68 heavy (non-hydrogen) atoms. The molecule has 0 fully saturated rings. The molecule has 0 aliphatic carbocycles. The van der Waals surface area contributed by atoms with Gasteiger partial charge in [-0.2, -0.15) is 0 Å². The second-order valence-electron chi connectivity index (χ2n) is 17.0. The van der Waals surface area contributed by atoms with E-state index in [0.717, 1.165) is 109 Å². The van der Waals surface area contributed by atoms with Crippen LogP contribution in [0.3, 0.4) is 0 Å². The largest absolute Gasteiger partial charge is 0.462 e. The summed E-state index contributed by atoms with van der Waals surface area (Å²) in [7, 11) is 0. The first-order valence-electron chi connectivity index (χ1n) is 26.8. The Hall–Kier alpha value is -4.71. The Labute approximate surface area is 417 Å². The van der Waals surface area contributed by atoms with Crippen LogP contribution in [0, 0.1) is 0 Å². The molecule has 0 saturated carbocycles. The van der Waals surface area contributed by atoms with Crippen molar-refractivity contribution in [3.63, 3.8) is 0 Å². The van der Waals surface area contributed by atoms with E-state index >= 15 is 0 Å². The summed E-state index contributed by atoms with van der Waals surface area (Å²) in [5.74, 6) is -1.10. The van der Waals surface area contributed by atoms with Gasteiger partial charge in [0, 0.05) is 19.3 Å². The molecular formula is C62H96O6. The van der Waals surface area contributed by atoms with Gasteiger partial charge < -0.3 is 14.2 Å². The topological polar surface area (TPSA) is 78.9 Å². The first-order valence-corrected chi connectivity index (χ1v) is 26.8. The van der Waals surface area contributed by atoms with Gasteiger partial charge in [0.25, 0.3) is 0 Å². The summed E-state index contributed by atoms with van der Waals surface area (Å²) in [4.78, 5) is 38.0. The van der Waals surface area contributed by atoms with E-state index in [1.165, 1.54) is 44.9 Å². The summed E-state index contributed by atoms with van der Waals surface area (Å²) in [6.07, 6.45) is 78.4. The third-order valence-corrected chi connectivity index (χ3v) is 10.6. The summed E-state index contributed by atoms with van der Waals surface area (Å²) in [5, 5.41) is 0. The van der Waals surface area contributed by atoms with Crippen molar-refractivity contribution in [2.45, 2.75) is 213 Å². The molecule has 0 N–H and O–H groups in total. The van der Waals surface area contributed by atoms with E-state index in [0.29, 0.717) is 19.3 Å².